The van der Waals surface area contributed by atoms with E-state index in [-0.39, 0.29) is 27.3 Å². The van der Waals surface area contributed by atoms with E-state index in [0.717, 1.165) is 5.56 Å². The third kappa shape index (κ3) is 2.71. The molecule has 21 heavy (non-hydrogen) atoms. The van der Waals surface area contributed by atoms with Crippen molar-refractivity contribution in [2.75, 3.05) is 11.5 Å². The van der Waals surface area contributed by atoms with Crippen LogP contribution >= 0.6 is 12.2 Å². The van der Waals surface area contributed by atoms with Crippen LogP contribution in [0.25, 0.3) is 0 Å². The van der Waals surface area contributed by atoms with E-state index < -0.39 is 0 Å². The summed E-state index contributed by atoms with van der Waals surface area (Å²) in [6.45, 7) is 0.484. The lowest BCUT2D eigenvalue weighted by atomic mass is 10.1. The fourth-order valence-electron chi connectivity index (χ4n) is 2.09. The average molecular weight is 295 g/mol. The summed E-state index contributed by atoms with van der Waals surface area (Å²) in [5, 5.41) is 18.3. The minimum absolute atomic E-state index is 0.0541. The van der Waals surface area contributed by atoms with Crippen LogP contribution in [0, 0.1) is 27.3 Å². The molecule has 0 aliphatic heterocycles. The number of benzene rings is 1. The van der Waals surface area contributed by atoms with Crippen LogP contribution in [0.5, 0.6) is 0 Å². The Morgan fingerprint density at radius 2 is 1.67 bits per heavy atom. The SMILES string of the molecule is N#Cc1c(N)c(C#N)c(=S)n(CCc2ccccc2)c1N. The van der Waals surface area contributed by atoms with Crippen molar-refractivity contribution >= 4 is 23.7 Å². The number of nitrogens with zero attached hydrogens (tertiary/aromatic N) is 3. The zero-order valence-electron chi connectivity index (χ0n) is 11.2. The van der Waals surface area contributed by atoms with Crippen molar-refractivity contribution in [3.05, 3.63) is 51.7 Å². The summed E-state index contributed by atoms with van der Waals surface area (Å²) >= 11 is 5.26. The fourth-order valence-corrected chi connectivity index (χ4v) is 2.44. The van der Waals surface area contributed by atoms with E-state index in [4.69, 9.17) is 34.2 Å². The molecule has 2 rings (SSSR count). The molecule has 0 spiro atoms. The van der Waals surface area contributed by atoms with Crippen LogP contribution in [0.3, 0.4) is 0 Å². The van der Waals surface area contributed by atoms with Crippen molar-refractivity contribution in [3.63, 3.8) is 0 Å². The zero-order chi connectivity index (χ0) is 15.4. The van der Waals surface area contributed by atoms with Gasteiger partial charge < -0.3 is 16.0 Å². The topological polar surface area (TPSA) is 105 Å². The Balaban J connectivity index is 2.47. The summed E-state index contributed by atoms with van der Waals surface area (Å²) < 4.78 is 1.86. The lowest BCUT2D eigenvalue weighted by Gasteiger charge is -2.15. The molecule has 4 N–H and O–H groups in total. The quantitative estimate of drug-likeness (QED) is 0.846. The standard InChI is InChI=1S/C15H13N5S/c16-8-11-13(18)12(9-17)15(21)20(14(11)19)7-6-10-4-2-1-3-5-10/h1-5H,6-7,18-19H2. The highest BCUT2D eigenvalue weighted by Crippen LogP contribution is 2.25. The molecule has 0 bridgehead atoms. The van der Waals surface area contributed by atoms with Crippen LogP contribution in [-0.2, 0) is 13.0 Å². The lowest BCUT2D eigenvalue weighted by molar-refractivity contribution is 0.691. The molecule has 0 saturated heterocycles. The molecule has 0 radical (unpaired) electrons. The Kier molecular flexibility index (Phi) is 4.22. The Labute approximate surface area is 127 Å². The average Bonchev–Trinajstić information content (AvgIpc) is 2.49. The van der Waals surface area contributed by atoms with Crippen molar-refractivity contribution in [2.24, 2.45) is 0 Å². The van der Waals surface area contributed by atoms with Gasteiger partial charge in [0.1, 0.15) is 33.7 Å². The Morgan fingerprint density at radius 1 is 1.05 bits per heavy atom. The summed E-state index contributed by atoms with van der Waals surface area (Å²) in [6.07, 6.45) is 0.693. The number of hydrogen-bond acceptors (Lipinski definition) is 5. The molecule has 1 heterocycles. The molecule has 0 aliphatic carbocycles. The molecule has 0 aliphatic rings. The van der Waals surface area contributed by atoms with E-state index in [1.807, 2.05) is 42.5 Å². The highest BCUT2D eigenvalue weighted by molar-refractivity contribution is 7.71. The van der Waals surface area contributed by atoms with E-state index in [0.29, 0.717) is 13.0 Å². The van der Waals surface area contributed by atoms with Crippen molar-refractivity contribution in [1.29, 1.82) is 10.5 Å². The number of rotatable bonds is 3. The normalized spacial score (nSPS) is 9.81. The first-order chi connectivity index (χ1) is 10.1. The molecule has 5 nitrogen and oxygen atoms in total. The fraction of sp³-hybridized carbons (Fsp3) is 0.133. The molecule has 104 valence electrons. The Hall–Kier alpha value is -2.83. The van der Waals surface area contributed by atoms with Crippen LogP contribution in [0.4, 0.5) is 11.5 Å². The second-order valence-corrected chi connectivity index (χ2v) is 4.85. The number of aryl methyl sites for hydroxylation is 1. The van der Waals surface area contributed by atoms with Gasteiger partial charge in [-0.3, -0.25) is 0 Å². The van der Waals surface area contributed by atoms with Gasteiger partial charge in [-0.2, -0.15) is 10.5 Å². The van der Waals surface area contributed by atoms with Crippen LogP contribution in [-0.4, -0.2) is 4.57 Å². The van der Waals surface area contributed by atoms with Gasteiger partial charge in [0.2, 0.25) is 0 Å². The molecule has 2 aromatic rings. The number of nitriles is 2. The van der Waals surface area contributed by atoms with Gasteiger partial charge in [0.25, 0.3) is 0 Å². The first kappa shape index (κ1) is 14.6. The van der Waals surface area contributed by atoms with E-state index in [2.05, 4.69) is 0 Å². The number of hydrogen-bond donors (Lipinski definition) is 2. The van der Waals surface area contributed by atoms with Crippen molar-refractivity contribution in [2.45, 2.75) is 13.0 Å². The van der Waals surface area contributed by atoms with Gasteiger partial charge in [-0.1, -0.05) is 42.5 Å². The van der Waals surface area contributed by atoms with Gasteiger partial charge in [0, 0.05) is 6.54 Å². The number of pyridine rings is 1. The monoisotopic (exact) mass is 295 g/mol. The highest BCUT2D eigenvalue weighted by atomic mass is 32.1. The Bertz CT molecular complexity index is 809. The molecule has 1 aromatic carbocycles. The van der Waals surface area contributed by atoms with Crippen molar-refractivity contribution in [3.8, 4) is 12.1 Å². The van der Waals surface area contributed by atoms with E-state index in [1.165, 1.54) is 0 Å². The molecule has 0 saturated carbocycles. The molecular formula is C15H13N5S. The predicted octanol–water partition coefficient (Wildman–Crippen LogP) is 2.37. The van der Waals surface area contributed by atoms with Gasteiger partial charge >= 0.3 is 0 Å². The first-order valence-corrected chi connectivity index (χ1v) is 6.66. The maximum atomic E-state index is 9.16. The summed E-state index contributed by atoms with van der Waals surface area (Å²) in [5.41, 5.74) is 13.2. The zero-order valence-corrected chi connectivity index (χ0v) is 12.0. The summed E-state index contributed by atoms with van der Waals surface area (Å²) in [4.78, 5) is 0. The van der Waals surface area contributed by atoms with Gasteiger partial charge in [-0.15, -0.1) is 0 Å². The van der Waals surface area contributed by atoms with E-state index in [9.17, 15) is 0 Å². The summed E-state index contributed by atoms with van der Waals surface area (Å²) in [5.74, 6) is 0.204. The number of aromatic nitrogens is 1. The number of nitrogens with two attached hydrogens (primary N) is 2. The molecule has 1 aromatic heterocycles. The first-order valence-electron chi connectivity index (χ1n) is 6.26. The summed E-state index contributed by atoms with van der Waals surface area (Å²) in [7, 11) is 0. The van der Waals surface area contributed by atoms with Crippen LogP contribution in [0.2, 0.25) is 0 Å². The largest absolute Gasteiger partial charge is 0.396 e. The van der Waals surface area contributed by atoms with Crippen molar-refractivity contribution < 1.29 is 0 Å². The predicted molar refractivity (Wildman–Crippen MR) is 83.7 cm³/mol. The minimum atomic E-state index is 0.0541. The molecule has 0 amide bonds. The molecule has 0 unspecified atom stereocenters. The third-order valence-corrected chi connectivity index (χ3v) is 3.66. The smallest absolute Gasteiger partial charge is 0.127 e. The molecular weight excluding hydrogens is 282 g/mol. The van der Waals surface area contributed by atoms with Gasteiger partial charge in [0.05, 0.1) is 5.69 Å². The maximum absolute atomic E-state index is 9.16. The molecule has 0 fully saturated rings. The van der Waals surface area contributed by atoms with Crippen LogP contribution in [0.1, 0.15) is 16.7 Å². The van der Waals surface area contributed by atoms with Crippen LogP contribution < -0.4 is 11.5 Å². The van der Waals surface area contributed by atoms with Crippen molar-refractivity contribution in [1.82, 2.24) is 4.57 Å². The summed E-state index contributed by atoms with van der Waals surface area (Å²) in [6, 6.07) is 13.7. The Morgan fingerprint density at radius 3 is 2.24 bits per heavy atom. The molecule has 6 heteroatoms. The van der Waals surface area contributed by atoms with E-state index in [1.54, 1.807) is 4.57 Å². The van der Waals surface area contributed by atoms with E-state index >= 15 is 0 Å². The van der Waals surface area contributed by atoms with Gasteiger partial charge in [-0.25, -0.2) is 0 Å². The lowest BCUT2D eigenvalue weighted by Crippen LogP contribution is -2.14. The van der Waals surface area contributed by atoms with Gasteiger partial charge in [-0.05, 0) is 12.0 Å². The maximum Gasteiger partial charge on any atom is 0.127 e. The number of anilines is 2. The molecule has 0 atom stereocenters. The number of nitrogen functional groups attached to an aromatic ring is 2. The highest BCUT2D eigenvalue weighted by Gasteiger charge is 2.15. The third-order valence-electron chi connectivity index (χ3n) is 3.24. The minimum Gasteiger partial charge on any atom is -0.396 e. The second-order valence-electron chi connectivity index (χ2n) is 4.46. The van der Waals surface area contributed by atoms with Crippen LogP contribution in [0.15, 0.2) is 30.3 Å². The van der Waals surface area contributed by atoms with Gasteiger partial charge in [0.15, 0.2) is 0 Å². The second kappa shape index (κ2) is 6.08.